The van der Waals surface area contributed by atoms with Gasteiger partial charge < -0.3 is 13.8 Å². The van der Waals surface area contributed by atoms with Crippen molar-refractivity contribution < 1.29 is 26.0 Å². The molecule has 8 nitrogen and oxygen atoms in total. The molecule has 0 N–H and O–H groups in total. The molecular formula is C17H16FN3O5S. The van der Waals surface area contributed by atoms with Crippen LogP contribution in [0.4, 0.5) is 15.3 Å². The van der Waals surface area contributed by atoms with Gasteiger partial charge in [-0.25, -0.2) is 0 Å². The van der Waals surface area contributed by atoms with E-state index in [2.05, 4.69) is 14.4 Å². The van der Waals surface area contributed by atoms with Crippen LogP contribution < -0.4 is 4.18 Å². The maximum absolute atomic E-state index is 12.4. The maximum atomic E-state index is 12.4. The summed E-state index contributed by atoms with van der Waals surface area (Å²) >= 11 is 0. The van der Waals surface area contributed by atoms with E-state index in [9.17, 15) is 17.1 Å². The number of ether oxygens (including phenoxy) is 1. The zero-order valence-corrected chi connectivity index (χ0v) is 14.9. The molecule has 27 heavy (non-hydrogen) atoms. The molecule has 1 saturated heterocycles. The van der Waals surface area contributed by atoms with E-state index in [0.717, 1.165) is 0 Å². The predicted octanol–water partition coefficient (Wildman–Crippen LogP) is 3.17. The lowest BCUT2D eigenvalue weighted by molar-refractivity contribution is 0.0303. The van der Waals surface area contributed by atoms with Crippen molar-refractivity contribution >= 4 is 27.8 Å². The molecule has 0 bridgehead atoms. The van der Waals surface area contributed by atoms with Crippen molar-refractivity contribution in [3.63, 3.8) is 0 Å². The summed E-state index contributed by atoms with van der Waals surface area (Å²) in [5, 5.41) is 8.03. The summed E-state index contributed by atoms with van der Waals surface area (Å²) in [6, 6.07) is 12.1. The van der Waals surface area contributed by atoms with Crippen molar-refractivity contribution in [1.29, 1.82) is 0 Å². The SMILES string of the molecule is O=C(c1ccc(N=Nc2ccc(OS(=O)(=O)F)cc2)cc1)N1CCOCC1. The van der Waals surface area contributed by atoms with E-state index in [0.29, 0.717) is 43.2 Å². The molecule has 1 aliphatic rings. The Morgan fingerprint density at radius 3 is 2.00 bits per heavy atom. The van der Waals surface area contributed by atoms with E-state index in [1.807, 2.05) is 0 Å². The molecule has 2 aromatic carbocycles. The highest BCUT2D eigenvalue weighted by molar-refractivity contribution is 7.81. The van der Waals surface area contributed by atoms with Crippen LogP contribution >= 0.6 is 0 Å². The van der Waals surface area contributed by atoms with E-state index < -0.39 is 10.5 Å². The molecule has 0 unspecified atom stereocenters. The van der Waals surface area contributed by atoms with Crippen molar-refractivity contribution in [2.24, 2.45) is 10.2 Å². The molecule has 1 fully saturated rings. The largest absolute Gasteiger partial charge is 0.488 e. The van der Waals surface area contributed by atoms with Gasteiger partial charge in [-0.05, 0) is 48.5 Å². The molecule has 0 saturated carbocycles. The van der Waals surface area contributed by atoms with Crippen LogP contribution in [0.25, 0.3) is 0 Å². The number of halogens is 1. The number of hydrogen-bond acceptors (Lipinski definition) is 7. The number of azo groups is 1. The molecule has 142 valence electrons. The number of morpholine rings is 1. The molecule has 1 amide bonds. The van der Waals surface area contributed by atoms with Gasteiger partial charge in [0.2, 0.25) is 0 Å². The van der Waals surface area contributed by atoms with Gasteiger partial charge in [0.05, 0.1) is 24.6 Å². The molecule has 3 rings (SSSR count). The van der Waals surface area contributed by atoms with Gasteiger partial charge in [0.15, 0.2) is 0 Å². The monoisotopic (exact) mass is 393 g/mol. The molecular weight excluding hydrogens is 377 g/mol. The lowest BCUT2D eigenvalue weighted by Gasteiger charge is -2.26. The summed E-state index contributed by atoms with van der Waals surface area (Å²) in [6.45, 7) is 2.23. The van der Waals surface area contributed by atoms with Gasteiger partial charge in [-0.15, -0.1) is 0 Å². The second-order valence-electron chi connectivity index (χ2n) is 5.62. The molecule has 0 atom stereocenters. The zero-order chi connectivity index (χ0) is 19.3. The zero-order valence-electron chi connectivity index (χ0n) is 14.1. The Labute approximate surface area is 155 Å². The first-order valence-corrected chi connectivity index (χ1v) is 9.34. The Hall–Kier alpha value is -2.85. The first-order valence-electron chi connectivity index (χ1n) is 8.04. The first kappa shape index (κ1) is 18.9. The average Bonchev–Trinajstić information content (AvgIpc) is 2.67. The summed E-state index contributed by atoms with van der Waals surface area (Å²) in [7, 11) is -5.06. The average molecular weight is 393 g/mol. The highest BCUT2D eigenvalue weighted by Gasteiger charge is 2.18. The third kappa shape index (κ3) is 5.56. The number of amides is 1. The Balaban J connectivity index is 1.63. The Bertz CT molecular complexity index is 924. The summed E-state index contributed by atoms with van der Waals surface area (Å²) < 4.78 is 42.6. The Morgan fingerprint density at radius 2 is 1.48 bits per heavy atom. The van der Waals surface area contributed by atoms with E-state index in [1.165, 1.54) is 24.3 Å². The number of benzene rings is 2. The van der Waals surface area contributed by atoms with Gasteiger partial charge in [-0.1, -0.05) is 3.89 Å². The second kappa shape index (κ2) is 8.23. The second-order valence-corrected chi connectivity index (χ2v) is 6.57. The van der Waals surface area contributed by atoms with Gasteiger partial charge in [0, 0.05) is 18.7 Å². The van der Waals surface area contributed by atoms with Crippen molar-refractivity contribution in [3.8, 4) is 5.75 Å². The number of carbonyl (C=O) groups excluding carboxylic acids is 1. The number of carbonyl (C=O) groups is 1. The van der Waals surface area contributed by atoms with E-state index in [-0.39, 0.29) is 11.7 Å². The minimum Gasteiger partial charge on any atom is -0.378 e. The van der Waals surface area contributed by atoms with Crippen LogP contribution in [0.2, 0.25) is 0 Å². The molecule has 0 radical (unpaired) electrons. The van der Waals surface area contributed by atoms with Crippen molar-refractivity contribution in [2.75, 3.05) is 26.3 Å². The predicted molar refractivity (Wildman–Crippen MR) is 94.4 cm³/mol. The van der Waals surface area contributed by atoms with Gasteiger partial charge >= 0.3 is 10.5 Å². The fourth-order valence-electron chi connectivity index (χ4n) is 2.42. The highest BCUT2D eigenvalue weighted by atomic mass is 32.3. The third-order valence-electron chi connectivity index (χ3n) is 3.73. The Kier molecular flexibility index (Phi) is 5.77. The summed E-state index contributed by atoms with van der Waals surface area (Å²) in [6.07, 6.45) is 0. The van der Waals surface area contributed by atoms with Crippen molar-refractivity contribution in [3.05, 3.63) is 54.1 Å². The summed E-state index contributed by atoms with van der Waals surface area (Å²) in [4.78, 5) is 14.1. The smallest absolute Gasteiger partial charge is 0.378 e. The van der Waals surface area contributed by atoms with Crippen LogP contribution in [-0.2, 0) is 15.2 Å². The molecule has 0 aliphatic carbocycles. The lowest BCUT2D eigenvalue weighted by Crippen LogP contribution is -2.40. The normalized spacial score (nSPS) is 15.1. The fourth-order valence-corrected chi connectivity index (χ4v) is 2.76. The lowest BCUT2D eigenvalue weighted by atomic mass is 10.2. The fraction of sp³-hybridized carbons (Fsp3) is 0.235. The molecule has 1 aliphatic heterocycles. The summed E-state index contributed by atoms with van der Waals surface area (Å²) in [5.74, 6) is -0.220. The number of rotatable bonds is 5. The quantitative estimate of drug-likeness (QED) is 0.574. The number of hydrogen-bond donors (Lipinski definition) is 0. The van der Waals surface area contributed by atoms with Gasteiger partial charge in [-0.3, -0.25) is 4.79 Å². The van der Waals surface area contributed by atoms with Crippen molar-refractivity contribution in [1.82, 2.24) is 4.90 Å². The van der Waals surface area contributed by atoms with Gasteiger partial charge in [0.25, 0.3) is 5.91 Å². The topological polar surface area (TPSA) is 97.6 Å². The molecule has 2 aromatic rings. The van der Waals surface area contributed by atoms with E-state index >= 15 is 0 Å². The standard InChI is InChI=1S/C17H16FN3O5S/c18-27(23,24)26-16-7-5-15(6-8-16)20-19-14-3-1-13(2-4-14)17(22)21-9-11-25-12-10-21/h1-8H,9-12H2. The van der Waals surface area contributed by atoms with Crippen LogP contribution in [0.1, 0.15) is 10.4 Å². The first-order chi connectivity index (χ1) is 12.9. The number of nitrogens with zero attached hydrogens (tertiary/aromatic N) is 3. The van der Waals surface area contributed by atoms with E-state index in [4.69, 9.17) is 4.74 Å². The maximum Gasteiger partial charge on any atom is 0.488 e. The van der Waals surface area contributed by atoms with Crippen LogP contribution in [0.15, 0.2) is 58.8 Å². The molecule has 10 heteroatoms. The van der Waals surface area contributed by atoms with Gasteiger partial charge in [-0.2, -0.15) is 18.6 Å². The Morgan fingerprint density at radius 1 is 0.963 bits per heavy atom. The third-order valence-corrected chi connectivity index (χ3v) is 4.12. The molecule has 0 spiro atoms. The van der Waals surface area contributed by atoms with Crippen LogP contribution in [0, 0.1) is 0 Å². The van der Waals surface area contributed by atoms with Crippen LogP contribution in [0.5, 0.6) is 5.75 Å². The minimum absolute atomic E-state index is 0.0554. The van der Waals surface area contributed by atoms with Crippen LogP contribution in [0.3, 0.4) is 0 Å². The van der Waals surface area contributed by atoms with E-state index in [1.54, 1.807) is 29.2 Å². The van der Waals surface area contributed by atoms with Crippen LogP contribution in [-0.4, -0.2) is 45.5 Å². The minimum atomic E-state index is -5.06. The van der Waals surface area contributed by atoms with Gasteiger partial charge in [0.1, 0.15) is 5.75 Å². The molecule has 0 aromatic heterocycles. The molecule has 1 heterocycles. The highest BCUT2D eigenvalue weighted by Crippen LogP contribution is 2.23. The summed E-state index contributed by atoms with van der Waals surface area (Å²) in [5.41, 5.74) is 1.53. The van der Waals surface area contributed by atoms with Crippen molar-refractivity contribution in [2.45, 2.75) is 0 Å².